The number of likely N-dealkylation sites (N-methyl/N-ethyl adjacent to an activating group) is 2. The second-order valence-electron chi connectivity index (χ2n) is 6.31. The van der Waals surface area contributed by atoms with Crippen molar-refractivity contribution in [1.82, 2.24) is 15.1 Å². The van der Waals surface area contributed by atoms with E-state index in [4.69, 9.17) is 0 Å². The lowest BCUT2D eigenvalue weighted by atomic mass is 10.1. The first-order chi connectivity index (χ1) is 10.2. The molecule has 1 aliphatic heterocycles. The van der Waals surface area contributed by atoms with Gasteiger partial charge in [-0.25, -0.2) is 0 Å². The van der Waals surface area contributed by atoms with Crippen molar-refractivity contribution < 1.29 is 0 Å². The fraction of sp³-hybridized carbons (Fsp3) is 0.588. The smallest absolute Gasteiger partial charge is 0.193 e. The van der Waals surface area contributed by atoms with Crippen molar-refractivity contribution in [2.45, 2.75) is 25.4 Å². The molecule has 1 fully saturated rings. The van der Waals surface area contributed by atoms with E-state index in [1.165, 1.54) is 18.4 Å². The summed E-state index contributed by atoms with van der Waals surface area (Å²) in [7, 11) is 4.36. The standard InChI is InChI=1S/C17H26N4/c1-20-11-10-18-17(20)19-12-16(15-8-9-15)21(2)13-14-6-4-3-5-7-14/h3-7,15-16H,8-13H2,1-2H3,(H,18,19). The summed E-state index contributed by atoms with van der Waals surface area (Å²) >= 11 is 0. The van der Waals surface area contributed by atoms with Crippen LogP contribution < -0.4 is 5.32 Å². The van der Waals surface area contributed by atoms with Gasteiger partial charge in [0, 0.05) is 32.7 Å². The molecule has 21 heavy (non-hydrogen) atoms. The van der Waals surface area contributed by atoms with E-state index >= 15 is 0 Å². The molecule has 4 nitrogen and oxygen atoms in total. The molecule has 114 valence electrons. The van der Waals surface area contributed by atoms with Crippen LogP contribution in [-0.4, -0.2) is 55.5 Å². The number of hydrogen-bond donors (Lipinski definition) is 1. The van der Waals surface area contributed by atoms with Crippen molar-refractivity contribution in [3.63, 3.8) is 0 Å². The van der Waals surface area contributed by atoms with Gasteiger partial charge in [0.15, 0.2) is 5.96 Å². The molecule has 1 heterocycles. The quantitative estimate of drug-likeness (QED) is 0.865. The van der Waals surface area contributed by atoms with Crippen LogP contribution in [0.4, 0.5) is 0 Å². The summed E-state index contributed by atoms with van der Waals surface area (Å²) in [6.45, 7) is 3.98. The molecule has 0 aromatic heterocycles. The van der Waals surface area contributed by atoms with E-state index in [1.807, 2.05) is 0 Å². The Labute approximate surface area is 127 Å². The van der Waals surface area contributed by atoms with Crippen molar-refractivity contribution in [3.05, 3.63) is 35.9 Å². The van der Waals surface area contributed by atoms with Gasteiger partial charge in [-0.05, 0) is 31.4 Å². The van der Waals surface area contributed by atoms with Crippen molar-refractivity contribution in [1.29, 1.82) is 0 Å². The molecule has 1 atom stereocenters. The van der Waals surface area contributed by atoms with Crippen LogP contribution in [0.3, 0.4) is 0 Å². The Bertz CT molecular complexity index is 481. The lowest BCUT2D eigenvalue weighted by molar-refractivity contribution is 0.209. The Morgan fingerprint density at radius 1 is 1.33 bits per heavy atom. The number of hydrogen-bond acceptors (Lipinski definition) is 4. The highest BCUT2D eigenvalue weighted by atomic mass is 15.3. The minimum absolute atomic E-state index is 0.599. The van der Waals surface area contributed by atoms with Gasteiger partial charge in [0.1, 0.15) is 0 Å². The van der Waals surface area contributed by atoms with E-state index < -0.39 is 0 Å². The minimum Gasteiger partial charge on any atom is -0.355 e. The van der Waals surface area contributed by atoms with E-state index in [1.54, 1.807) is 0 Å². The highest BCUT2D eigenvalue weighted by Crippen LogP contribution is 2.35. The molecule has 0 bridgehead atoms. The fourth-order valence-electron chi connectivity index (χ4n) is 3.07. The summed E-state index contributed by atoms with van der Waals surface area (Å²) in [5.41, 5.74) is 1.39. The van der Waals surface area contributed by atoms with E-state index in [2.05, 4.69) is 64.5 Å². The van der Waals surface area contributed by atoms with E-state index in [9.17, 15) is 0 Å². The summed E-state index contributed by atoms with van der Waals surface area (Å²) in [4.78, 5) is 9.23. The van der Waals surface area contributed by atoms with Gasteiger partial charge in [-0.1, -0.05) is 30.3 Å². The Morgan fingerprint density at radius 2 is 2.10 bits per heavy atom. The van der Waals surface area contributed by atoms with Gasteiger partial charge in [-0.2, -0.15) is 0 Å². The van der Waals surface area contributed by atoms with Crippen LogP contribution in [0.5, 0.6) is 0 Å². The van der Waals surface area contributed by atoms with Gasteiger partial charge in [0.2, 0.25) is 0 Å². The number of guanidine groups is 1. The second kappa shape index (κ2) is 6.48. The second-order valence-corrected chi connectivity index (χ2v) is 6.31. The summed E-state index contributed by atoms with van der Waals surface area (Å²) in [5, 5.41) is 3.55. The third kappa shape index (κ3) is 3.76. The fourth-order valence-corrected chi connectivity index (χ4v) is 3.07. The van der Waals surface area contributed by atoms with Gasteiger partial charge in [-0.15, -0.1) is 0 Å². The van der Waals surface area contributed by atoms with Crippen LogP contribution in [0.2, 0.25) is 0 Å². The summed E-state index contributed by atoms with van der Waals surface area (Å²) < 4.78 is 0. The first kappa shape index (κ1) is 14.4. The molecule has 1 N–H and O–H groups in total. The van der Waals surface area contributed by atoms with Crippen LogP contribution >= 0.6 is 0 Å². The van der Waals surface area contributed by atoms with E-state index in [0.717, 1.165) is 38.1 Å². The Balaban J connectivity index is 1.56. The van der Waals surface area contributed by atoms with Gasteiger partial charge < -0.3 is 10.2 Å². The molecule has 2 aliphatic rings. The number of rotatable bonds is 6. The first-order valence-corrected chi connectivity index (χ1v) is 7.97. The van der Waals surface area contributed by atoms with Crippen LogP contribution in [0.1, 0.15) is 18.4 Å². The summed E-state index contributed by atoms with van der Waals surface area (Å²) in [5.74, 6) is 1.91. The monoisotopic (exact) mass is 286 g/mol. The average molecular weight is 286 g/mol. The van der Waals surface area contributed by atoms with Crippen molar-refractivity contribution in [2.24, 2.45) is 10.9 Å². The zero-order chi connectivity index (χ0) is 14.7. The van der Waals surface area contributed by atoms with Crippen molar-refractivity contribution in [3.8, 4) is 0 Å². The lowest BCUT2D eigenvalue weighted by Crippen LogP contribution is -2.46. The highest BCUT2D eigenvalue weighted by molar-refractivity contribution is 5.81. The Hall–Kier alpha value is -1.55. The number of nitrogens with one attached hydrogen (secondary N) is 1. The molecule has 1 saturated carbocycles. The number of benzene rings is 1. The molecule has 4 heteroatoms. The first-order valence-electron chi connectivity index (χ1n) is 7.97. The van der Waals surface area contributed by atoms with Crippen molar-refractivity contribution >= 4 is 5.96 Å². The summed E-state index contributed by atoms with van der Waals surface area (Å²) in [6.07, 6.45) is 2.74. The Morgan fingerprint density at radius 3 is 2.71 bits per heavy atom. The van der Waals surface area contributed by atoms with E-state index in [-0.39, 0.29) is 0 Å². The van der Waals surface area contributed by atoms with Crippen LogP contribution in [0.25, 0.3) is 0 Å². The molecule has 3 rings (SSSR count). The van der Waals surface area contributed by atoms with Gasteiger partial charge in [0.25, 0.3) is 0 Å². The maximum absolute atomic E-state index is 4.52. The molecule has 1 aromatic carbocycles. The third-order valence-corrected chi connectivity index (χ3v) is 4.53. The lowest BCUT2D eigenvalue weighted by Gasteiger charge is -2.29. The normalized spacial score (nSPS) is 19.8. The predicted octanol–water partition coefficient (Wildman–Crippen LogP) is 1.79. The molecule has 0 radical (unpaired) electrons. The molecule has 1 aliphatic carbocycles. The van der Waals surface area contributed by atoms with E-state index in [0.29, 0.717) is 6.04 Å². The zero-order valence-electron chi connectivity index (χ0n) is 13.1. The van der Waals surface area contributed by atoms with Crippen LogP contribution in [0, 0.1) is 5.92 Å². The van der Waals surface area contributed by atoms with Crippen LogP contribution in [0.15, 0.2) is 35.3 Å². The number of nitrogens with zero attached hydrogens (tertiary/aromatic N) is 3. The molecule has 0 amide bonds. The molecule has 0 spiro atoms. The molecule has 1 aromatic rings. The highest BCUT2D eigenvalue weighted by Gasteiger charge is 2.34. The SMILES string of the molecule is CN1CCN=C1NCC(C1CC1)N(C)Cc1ccccc1. The van der Waals surface area contributed by atoms with Gasteiger partial charge in [0.05, 0.1) is 6.54 Å². The number of aliphatic imine (C=N–C) groups is 1. The molecule has 0 saturated heterocycles. The van der Waals surface area contributed by atoms with Crippen LogP contribution in [-0.2, 0) is 6.54 Å². The summed E-state index contributed by atoms with van der Waals surface area (Å²) in [6, 6.07) is 11.3. The van der Waals surface area contributed by atoms with Gasteiger partial charge >= 0.3 is 0 Å². The maximum atomic E-state index is 4.52. The largest absolute Gasteiger partial charge is 0.355 e. The third-order valence-electron chi connectivity index (χ3n) is 4.53. The average Bonchev–Trinajstić information content (AvgIpc) is 3.24. The zero-order valence-corrected chi connectivity index (χ0v) is 13.1. The Kier molecular flexibility index (Phi) is 4.44. The van der Waals surface area contributed by atoms with Gasteiger partial charge in [-0.3, -0.25) is 9.89 Å². The molecule has 1 unspecified atom stereocenters. The van der Waals surface area contributed by atoms with Crippen molar-refractivity contribution in [2.75, 3.05) is 33.7 Å². The predicted molar refractivity (Wildman–Crippen MR) is 87.4 cm³/mol. The molecular weight excluding hydrogens is 260 g/mol. The molecular formula is C17H26N4. The topological polar surface area (TPSA) is 30.9 Å². The maximum Gasteiger partial charge on any atom is 0.193 e. The minimum atomic E-state index is 0.599.